The number of nitrogens with one attached hydrogen (secondary N) is 1. The Balaban J connectivity index is 2.87. The van der Waals surface area contributed by atoms with E-state index in [1.54, 1.807) is 6.07 Å². The zero-order chi connectivity index (χ0) is 13.7. The van der Waals surface area contributed by atoms with Gasteiger partial charge in [0, 0.05) is 13.3 Å². The summed E-state index contributed by atoms with van der Waals surface area (Å²) < 4.78 is 4.92. The van der Waals surface area contributed by atoms with E-state index in [1.807, 2.05) is 0 Å². The normalized spacial score (nSPS) is 11.7. The van der Waals surface area contributed by atoms with Gasteiger partial charge in [0.05, 0.1) is 7.11 Å². The van der Waals surface area contributed by atoms with Gasteiger partial charge < -0.3 is 20.3 Å². The molecule has 98 valence electrons. The highest BCUT2D eigenvalue weighted by atomic mass is 16.5. The van der Waals surface area contributed by atoms with Crippen LogP contribution < -0.4 is 10.1 Å². The highest BCUT2D eigenvalue weighted by molar-refractivity contribution is 5.82. The summed E-state index contributed by atoms with van der Waals surface area (Å²) in [6, 6.07) is 3.53. The van der Waals surface area contributed by atoms with Gasteiger partial charge in [-0.25, -0.2) is 4.79 Å². The Bertz CT molecular complexity index is 458. The van der Waals surface area contributed by atoms with Gasteiger partial charge in [-0.1, -0.05) is 6.07 Å². The van der Waals surface area contributed by atoms with Gasteiger partial charge in [0.25, 0.3) is 0 Å². The van der Waals surface area contributed by atoms with Gasteiger partial charge in [0.15, 0.2) is 11.5 Å². The molecule has 0 aromatic heterocycles. The van der Waals surface area contributed by atoms with Crippen molar-refractivity contribution in [1.82, 2.24) is 5.32 Å². The van der Waals surface area contributed by atoms with E-state index >= 15 is 0 Å². The molecule has 1 rings (SSSR count). The number of benzene rings is 1. The molecule has 1 unspecified atom stereocenters. The number of carbonyl (C=O) groups excluding carboxylic acids is 1. The number of carboxylic acids is 1. The largest absolute Gasteiger partial charge is 0.504 e. The number of carbonyl (C=O) groups is 2. The van der Waals surface area contributed by atoms with Crippen LogP contribution in [0.4, 0.5) is 0 Å². The van der Waals surface area contributed by atoms with Crippen molar-refractivity contribution < 1.29 is 24.5 Å². The molecule has 0 aliphatic carbocycles. The summed E-state index contributed by atoms with van der Waals surface area (Å²) in [4.78, 5) is 21.9. The van der Waals surface area contributed by atoms with Crippen LogP contribution in [-0.2, 0) is 16.0 Å². The summed E-state index contributed by atoms with van der Waals surface area (Å²) in [6.45, 7) is 1.26. The summed E-state index contributed by atoms with van der Waals surface area (Å²) >= 11 is 0. The highest BCUT2D eigenvalue weighted by Crippen LogP contribution is 2.26. The Labute approximate surface area is 104 Å². The second-order valence-electron chi connectivity index (χ2n) is 3.80. The molecule has 0 bridgehead atoms. The number of aromatic hydroxyl groups is 1. The van der Waals surface area contributed by atoms with E-state index in [9.17, 15) is 14.7 Å². The third kappa shape index (κ3) is 3.65. The smallest absolute Gasteiger partial charge is 0.326 e. The van der Waals surface area contributed by atoms with E-state index < -0.39 is 17.9 Å². The minimum Gasteiger partial charge on any atom is -0.504 e. The van der Waals surface area contributed by atoms with Gasteiger partial charge in [-0.05, 0) is 17.7 Å². The van der Waals surface area contributed by atoms with Crippen LogP contribution in [0.3, 0.4) is 0 Å². The molecule has 18 heavy (non-hydrogen) atoms. The quantitative estimate of drug-likeness (QED) is 0.711. The van der Waals surface area contributed by atoms with Gasteiger partial charge in [0.2, 0.25) is 5.91 Å². The average Bonchev–Trinajstić information content (AvgIpc) is 2.29. The van der Waals surface area contributed by atoms with Crippen molar-refractivity contribution in [2.45, 2.75) is 19.4 Å². The van der Waals surface area contributed by atoms with Crippen molar-refractivity contribution in [3.63, 3.8) is 0 Å². The van der Waals surface area contributed by atoms with Crippen molar-refractivity contribution in [3.8, 4) is 11.5 Å². The lowest BCUT2D eigenvalue weighted by molar-refractivity contribution is -0.141. The molecule has 6 nitrogen and oxygen atoms in total. The number of phenols is 1. The Hall–Kier alpha value is -2.24. The number of hydrogen-bond donors (Lipinski definition) is 3. The van der Waals surface area contributed by atoms with E-state index in [1.165, 1.54) is 26.2 Å². The number of aliphatic carboxylic acids is 1. The number of methoxy groups -OCH3 is 1. The van der Waals surface area contributed by atoms with Gasteiger partial charge in [-0.15, -0.1) is 0 Å². The fourth-order valence-electron chi connectivity index (χ4n) is 1.53. The van der Waals surface area contributed by atoms with Gasteiger partial charge in [-0.3, -0.25) is 4.79 Å². The van der Waals surface area contributed by atoms with Crippen LogP contribution in [0.2, 0.25) is 0 Å². The van der Waals surface area contributed by atoms with Crippen LogP contribution in [-0.4, -0.2) is 35.2 Å². The zero-order valence-electron chi connectivity index (χ0n) is 10.1. The Morgan fingerprint density at radius 2 is 2.11 bits per heavy atom. The topological polar surface area (TPSA) is 95.9 Å². The first-order valence-electron chi connectivity index (χ1n) is 5.30. The first-order chi connectivity index (χ1) is 8.43. The van der Waals surface area contributed by atoms with Crippen molar-refractivity contribution >= 4 is 11.9 Å². The third-order valence-electron chi connectivity index (χ3n) is 2.36. The molecule has 0 spiro atoms. The van der Waals surface area contributed by atoms with Crippen LogP contribution in [0, 0.1) is 0 Å². The van der Waals surface area contributed by atoms with Crippen molar-refractivity contribution in [2.75, 3.05) is 7.11 Å². The zero-order valence-corrected chi connectivity index (χ0v) is 10.1. The second-order valence-corrected chi connectivity index (χ2v) is 3.80. The van der Waals surface area contributed by atoms with Gasteiger partial charge in [-0.2, -0.15) is 0 Å². The third-order valence-corrected chi connectivity index (χ3v) is 2.36. The van der Waals surface area contributed by atoms with Gasteiger partial charge >= 0.3 is 5.97 Å². The van der Waals surface area contributed by atoms with Gasteiger partial charge in [0.1, 0.15) is 6.04 Å². The molecule has 1 atom stereocenters. The van der Waals surface area contributed by atoms with Crippen LogP contribution >= 0.6 is 0 Å². The Kier molecular flexibility index (Phi) is 4.53. The molecule has 0 saturated heterocycles. The highest BCUT2D eigenvalue weighted by Gasteiger charge is 2.19. The monoisotopic (exact) mass is 253 g/mol. The Morgan fingerprint density at radius 1 is 1.44 bits per heavy atom. The number of amides is 1. The minimum absolute atomic E-state index is 0.0207. The molecule has 1 amide bonds. The maximum atomic E-state index is 11.0. The maximum absolute atomic E-state index is 11.0. The predicted octanol–water partition coefficient (Wildman–Crippen LogP) is 0.533. The number of phenolic OH excluding ortho intramolecular Hbond substituents is 1. The van der Waals surface area contributed by atoms with Crippen molar-refractivity contribution in [2.24, 2.45) is 0 Å². The molecule has 0 heterocycles. The SMILES string of the molecule is COc1cc(CC(NC(C)=O)C(=O)O)ccc1O. The number of carboxylic acid groups (broad SMARTS) is 1. The Morgan fingerprint density at radius 3 is 2.61 bits per heavy atom. The fraction of sp³-hybridized carbons (Fsp3) is 0.333. The second kappa shape index (κ2) is 5.90. The summed E-state index contributed by atoms with van der Waals surface area (Å²) in [6.07, 6.45) is 0.117. The van der Waals surface area contributed by atoms with E-state index in [2.05, 4.69) is 5.32 Å². The van der Waals surface area contributed by atoms with E-state index in [0.717, 1.165) is 0 Å². The lowest BCUT2D eigenvalue weighted by atomic mass is 10.1. The summed E-state index contributed by atoms with van der Waals surface area (Å²) in [5.41, 5.74) is 0.644. The standard InChI is InChI=1S/C12H15NO5/c1-7(14)13-9(12(16)17)5-8-3-4-10(15)11(6-8)18-2/h3-4,6,9,15H,5H2,1-2H3,(H,13,14)(H,16,17). The molecule has 0 radical (unpaired) electrons. The lowest BCUT2D eigenvalue weighted by Gasteiger charge is -2.14. The summed E-state index contributed by atoms with van der Waals surface area (Å²) in [7, 11) is 1.40. The van der Waals surface area contributed by atoms with Crippen LogP contribution in [0.25, 0.3) is 0 Å². The molecule has 3 N–H and O–H groups in total. The van der Waals surface area contributed by atoms with E-state index in [0.29, 0.717) is 5.56 Å². The first-order valence-corrected chi connectivity index (χ1v) is 5.30. The van der Waals surface area contributed by atoms with Crippen LogP contribution in [0.5, 0.6) is 11.5 Å². The molecule has 0 aliphatic rings. The maximum Gasteiger partial charge on any atom is 0.326 e. The summed E-state index contributed by atoms with van der Waals surface area (Å²) in [5.74, 6) is -1.28. The molecular formula is C12H15NO5. The lowest BCUT2D eigenvalue weighted by Crippen LogP contribution is -2.41. The number of rotatable bonds is 5. The van der Waals surface area contributed by atoms with Crippen molar-refractivity contribution in [3.05, 3.63) is 23.8 Å². The van der Waals surface area contributed by atoms with Crippen molar-refractivity contribution in [1.29, 1.82) is 0 Å². The predicted molar refractivity (Wildman–Crippen MR) is 63.6 cm³/mol. The number of hydrogen-bond acceptors (Lipinski definition) is 4. The molecule has 0 aliphatic heterocycles. The average molecular weight is 253 g/mol. The molecule has 1 aromatic rings. The summed E-state index contributed by atoms with van der Waals surface area (Å²) in [5, 5.41) is 20.7. The van der Waals surface area contributed by atoms with Crippen LogP contribution in [0.15, 0.2) is 18.2 Å². The number of ether oxygens (including phenoxy) is 1. The van der Waals surface area contributed by atoms with Crippen LogP contribution in [0.1, 0.15) is 12.5 Å². The minimum atomic E-state index is -1.11. The molecule has 6 heteroatoms. The van der Waals surface area contributed by atoms with E-state index in [4.69, 9.17) is 9.84 Å². The fourth-order valence-corrected chi connectivity index (χ4v) is 1.53. The first kappa shape index (κ1) is 13.8. The molecule has 0 saturated carbocycles. The molecular weight excluding hydrogens is 238 g/mol. The molecule has 0 fully saturated rings. The van der Waals surface area contributed by atoms with E-state index in [-0.39, 0.29) is 17.9 Å². The molecule has 1 aromatic carbocycles.